The van der Waals surface area contributed by atoms with Crippen LogP contribution in [0.1, 0.15) is 34.6 Å². The van der Waals surface area contributed by atoms with Crippen molar-refractivity contribution in [1.82, 2.24) is 5.32 Å². The lowest BCUT2D eigenvalue weighted by Gasteiger charge is -2.37. The van der Waals surface area contributed by atoms with Crippen LogP contribution in [0, 0.1) is 0 Å². The molecule has 0 bridgehead atoms. The predicted molar refractivity (Wildman–Crippen MR) is 50.5 cm³/mol. The van der Waals surface area contributed by atoms with Crippen LogP contribution < -0.4 is 5.32 Å². The Labute approximate surface area is 79.3 Å². The Balaban J connectivity index is 4.26. The smallest absolute Gasteiger partial charge is 0.407 e. The second-order valence-corrected chi connectivity index (χ2v) is 4.03. The molecule has 0 aromatic rings. The standard InChI is InChI=1S/C9H19NO3/c1-6-13-7(11)10-8(2,3)9(4,5)12/h12H,6H2,1-5H3,(H,10,11). The Morgan fingerprint density at radius 3 is 2.15 bits per heavy atom. The number of amides is 1. The van der Waals surface area contributed by atoms with Gasteiger partial charge in [0.2, 0.25) is 0 Å². The van der Waals surface area contributed by atoms with Crippen LogP contribution >= 0.6 is 0 Å². The van der Waals surface area contributed by atoms with Crippen molar-refractivity contribution < 1.29 is 14.6 Å². The van der Waals surface area contributed by atoms with Gasteiger partial charge in [-0.2, -0.15) is 0 Å². The summed E-state index contributed by atoms with van der Waals surface area (Å²) < 4.78 is 4.71. The van der Waals surface area contributed by atoms with E-state index in [1.807, 2.05) is 0 Å². The lowest BCUT2D eigenvalue weighted by molar-refractivity contribution is -0.00475. The lowest BCUT2D eigenvalue weighted by Crippen LogP contribution is -2.57. The molecule has 0 spiro atoms. The molecule has 78 valence electrons. The van der Waals surface area contributed by atoms with Crippen LogP contribution in [0.25, 0.3) is 0 Å². The zero-order valence-corrected chi connectivity index (χ0v) is 8.97. The fourth-order valence-corrected chi connectivity index (χ4v) is 0.575. The molecule has 13 heavy (non-hydrogen) atoms. The number of hydrogen-bond donors (Lipinski definition) is 2. The van der Waals surface area contributed by atoms with Gasteiger partial charge in [-0.1, -0.05) is 0 Å². The number of carbonyl (C=O) groups excluding carboxylic acids is 1. The van der Waals surface area contributed by atoms with Crippen LogP contribution in [0.4, 0.5) is 4.79 Å². The average molecular weight is 189 g/mol. The van der Waals surface area contributed by atoms with Crippen molar-refractivity contribution >= 4 is 6.09 Å². The van der Waals surface area contributed by atoms with Crippen LogP contribution in [0.5, 0.6) is 0 Å². The van der Waals surface area contributed by atoms with Gasteiger partial charge in [0.15, 0.2) is 0 Å². The Kier molecular flexibility index (Phi) is 3.72. The largest absolute Gasteiger partial charge is 0.450 e. The predicted octanol–water partition coefficient (Wildman–Crippen LogP) is 1.28. The van der Waals surface area contributed by atoms with E-state index in [4.69, 9.17) is 4.74 Å². The topological polar surface area (TPSA) is 58.6 Å². The highest BCUT2D eigenvalue weighted by Crippen LogP contribution is 2.20. The first-order chi connectivity index (χ1) is 5.70. The molecule has 0 radical (unpaired) electrons. The Bertz CT molecular complexity index is 182. The SMILES string of the molecule is CCOC(=O)NC(C)(C)C(C)(C)O. The molecule has 1 amide bonds. The highest BCUT2D eigenvalue weighted by Gasteiger charge is 2.36. The summed E-state index contributed by atoms with van der Waals surface area (Å²) >= 11 is 0. The summed E-state index contributed by atoms with van der Waals surface area (Å²) in [6.07, 6.45) is -0.505. The zero-order chi connectivity index (χ0) is 10.7. The third-order valence-electron chi connectivity index (χ3n) is 2.22. The molecule has 4 nitrogen and oxygen atoms in total. The zero-order valence-electron chi connectivity index (χ0n) is 8.97. The molecule has 0 heterocycles. The van der Waals surface area contributed by atoms with Gasteiger partial charge in [0.1, 0.15) is 0 Å². The number of nitrogens with one attached hydrogen (secondary N) is 1. The van der Waals surface area contributed by atoms with Crippen molar-refractivity contribution in [3.8, 4) is 0 Å². The van der Waals surface area contributed by atoms with Crippen molar-refractivity contribution in [3.05, 3.63) is 0 Å². The summed E-state index contributed by atoms with van der Waals surface area (Å²) in [5.74, 6) is 0. The number of alkyl carbamates (subject to hydrolysis) is 1. The van der Waals surface area contributed by atoms with Crippen molar-refractivity contribution in [2.75, 3.05) is 6.61 Å². The number of aliphatic hydroxyl groups is 1. The molecule has 4 heteroatoms. The van der Waals surface area contributed by atoms with E-state index in [0.717, 1.165) is 0 Å². The summed E-state index contributed by atoms with van der Waals surface area (Å²) in [5.41, 5.74) is -1.70. The monoisotopic (exact) mass is 189 g/mol. The van der Waals surface area contributed by atoms with E-state index in [9.17, 15) is 9.90 Å². The first kappa shape index (κ1) is 12.2. The molecule has 0 fully saturated rings. The molecule has 0 aliphatic carbocycles. The molecule has 0 unspecified atom stereocenters. The molecule has 0 atom stereocenters. The summed E-state index contributed by atoms with van der Waals surface area (Å²) in [7, 11) is 0. The second kappa shape index (κ2) is 3.96. The molecule has 0 aliphatic heterocycles. The van der Waals surface area contributed by atoms with Gasteiger partial charge in [0.05, 0.1) is 17.7 Å². The molecule has 0 aromatic heterocycles. The van der Waals surface area contributed by atoms with E-state index in [1.54, 1.807) is 34.6 Å². The maximum absolute atomic E-state index is 11.1. The molecular weight excluding hydrogens is 170 g/mol. The number of rotatable bonds is 3. The van der Waals surface area contributed by atoms with E-state index in [0.29, 0.717) is 6.61 Å². The van der Waals surface area contributed by atoms with Gasteiger partial charge in [-0.3, -0.25) is 0 Å². The van der Waals surface area contributed by atoms with Gasteiger partial charge in [-0.25, -0.2) is 4.79 Å². The van der Waals surface area contributed by atoms with Gasteiger partial charge in [0, 0.05) is 0 Å². The van der Waals surface area contributed by atoms with Gasteiger partial charge in [-0.05, 0) is 34.6 Å². The van der Waals surface area contributed by atoms with E-state index in [-0.39, 0.29) is 0 Å². The average Bonchev–Trinajstić information content (AvgIpc) is 1.83. The number of hydrogen-bond acceptors (Lipinski definition) is 3. The first-order valence-corrected chi connectivity index (χ1v) is 4.38. The van der Waals surface area contributed by atoms with Gasteiger partial charge >= 0.3 is 6.09 Å². The van der Waals surface area contributed by atoms with E-state index in [2.05, 4.69) is 5.32 Å². The minimum Gasteiger partial charge on any atom is -0.450 e. The second-order valence-electron chi connectivity index (χ2n) is 4.03. The molecule has 0 aromatic carbocycles. The summed E-state index contributed by atoms with van der Waals surface area (Å²) in [6.45, 7) is 8.82. The summed E-state index contributed by atoms with van der Waals surface area (Å²) in [6, 6.07) is 0. The molecular formula is C9H19NO3. The number of carbonyl (C=O) groups is 1. The molecule has 0 saturated heterocycles. The minimum atomic E-state index is -0.986. The van der Waals surface area contributed by atoms with Gasteiger partial charge in [-0.15, -0.1) is 0 Å². The normalized spacial score (nSPS) is 12.5. The molecule has 2 N–H and O–H groups in total. The molecule has 0 aliphatic rings. The maximum Gasteiger partial charge on any atom is 0.407 e. The quantitative estimate of drug-likeness (QED) is 0.703. The van der Waals surface area contributed by atoms with E-state index >= 15 is 0 Å². The third-order valence-corrected chi connectivity index (χ3v) is 2.22. The molecule has 0 saturated carbocycles. The van der Waals surface area contributed by atoms with E-state index < -0.39 is 17.2 Å². The lowest BCUT2D eigenvalue weighted by atomic mass is 9.86. The highest BCUT2D eigenvalue weighted by atomic mass is 16.5. The highest BCUT2D eigenvalue weighted by molar-refractivity contribution is 5.68. The van der Waals surface area contributed by atoms with Crippen LogP contribution in [0.3, 0.4) is 0 Å². The Hall–Kier alpha value is -0.770. The van der Waals surface area contributed by atoms with Crippen molar-refractivity contribution in [2.45, 2.75) is 45.8 Å². The minimum absolute atomic E-state index is 0.327. The number of ether oxygens (including phenoxy) is 1. The van der Waals surface area contributed by atoms with Crippen LogP contribution in [-0.2, 0) is 4.74 Å². The summed E-state index contributed by atoms with van der Waals surface area (Å²) in [4.78, 5) is 11.1. The van der Waals surface area contributed by atoms with Gasteiger partial charge < -0.3 is 15.2 Å². The Morgan fingerprint density at radius 1 is 1.38 bits per heavy atom. The van der Waals surface area contributed by atoms with Gasteiger partial charge in [0.25, 0.3) is 0 Å². The van der Waals surface area contributed by atoms with Crippen molar-refractivity contribution in [2.24, 2.45) is 0 Å². The third kappa shape index (κ3) is 3.63. The summed E-state index contributed by atoms with van der Waals surface area (Å²) in [5, 5.41) is 12.3. The maximum atomic E-state index is 11.1. The van der Waals surface area contributed by atoms with Crippen LogP contribution in [0.2, 0.25) is 0 Å². The molecule has 0 rings (SSSR count). The Morgan fingerprint density at radius 2 is 1.85 bits per heavy atom. The van der Waals surface area contributed by atoms with Crippen LogP contribution in [0.15, 0.2) is 0 Å². The first-order valence-electron chi connectivity index (χ1n) is 4.38. The fourth-order valence-electron chi connectivity index (χ4n) is 0.575. The van der Waals surface area contributed by atoms with Crippen molar-refractivity contribution in [3.63, 3.8) is 0 Å². The van der Waals surface area contributed by atoms with Crippen molar-refractivity contribution in [1.29, 1.82) is 0 Å². The fraction of sp³-hybridized carbons (Fsp3) is 0.889. The van der Waals surface area contributed by atoms with E-state index in [1.165, 1.54) is 0 Å². The van der Waals surface area contributed by atoms with Crippen LogP contribution in [-0.4, -0.2) is 28.9 Å².